The lowest BCUT2D eigenvalue weighted by molar-refractivity contribution is -0.0374. The van der Waals surface area contributed by atoms with Crippen molar-refractivity contribution in [3.8, 4) is 0 Å². The molecule has 4 nitrogen and oxygen atoms in total. The lowest BCUT2D eigenvalue weighted by Gasteiger charge is -2.15. The Morgan fingerprint density at radius 3 is 2.57 bits per heavy atom. The van der Waals surface area contributed by atoms with Crippen LogP contribution >= 0.6 is 0 Å². The highest BCUT2D eigenvalue weighted by Gasteiger charge is 2.23. The van der Waals surface area contributed by atoms with Gasteiger partial charge in [-0.2, -0.15) is 0 Å². The van der Waals surface area contributed by atoms with Crippen LogP contribution in [0.25, 0.3) is 0 Å². The van der Waals surface area contributed by atoms with E-state index in [1.807, 2.05) is 20.8 Å². The minimum absolute atomic E-state index is 0.0910. The van der Waals surface area contributed by atoms with Gasteiger partial charge in [-0.1, -0.05) is 31.1 Å². The Kier molecular flexibility index (Phi) is 3.21. The number of rotatable bonds is 3. The summed E-state index contributed by atoms with van der Waals surface area (Å²) in [5.74, 6) is 0. The van der Waals surface area contributed by atoms with Crippen LogP contribution in [0.15, 0.2) is 4.63 Å². The molecule has 0 spiro atoms. The van der Waals surface area contributed by atoms with E-state index < -0.39 is 6.36 Å². The van der Waals surface area contributed by atoms with Gasteiger partial charge in [0, 0.05) is 5.41 Å². The predicted molar refractivity (Wildman–Crippen MR) is 48.4 cm³/mol. The Bertz CT molecular complexity index is 291. The molecule has 0 aliphatic carbocycles. The van der Waals surface area contributed by atoms with Crippen LogP contribution in [0.2, 0.25) is 0 Å². The van der Waals surface area contributed by atoms with E-state index in [0.29, 0.717) is 11.4 Å². The largest absolute Gasteiger partial charge is 0.342 e. The average Bonchev–Trinajstić information content (AvgIpc) is 2.46. The summed E-state index contributed by atoms with van der Waals surface area (Å²) < 4.78 is 21.8. The molecular formula is C9H15FN2O2. The molecule has 0 radical (unpaired) electrons. The van der Waals surface area contributed by atoms with Gasteiger partial charge in [0.1, 0.15) is 11.4 Å². The minimum Gasteiger partial charge on any atom is -0.342 e. The van der Waals surface area contributed by atoms with Crippen molar-refractivity contribution in [3.63, 3.8) is 0 Å². The van der Waals surface area contributed by atoms with Crippen molar-refractivity contribution < 1.29 is 13.8 Å². The maximum Gasteiger partial charge on any atom is 0.196 e. The smallest absolute Gasteiger partial charge is 0.196 e. The van der Waals surface area contributed by atoms with Gasteiger partial charge in [-0.25, -0.2) is 9.02 Å². The number of nitrogens with zero attached hydrogens (tertiary/aromatic N) is 2. The van der Waals surface area contributed by atoms with Gasteiger partial charge in [0.2, 0.25) is 0 Å². The van der Waals surface area contributed by atoms with Crippen molar-refractivity contribution in [1.29, 1.82) is 0 Å². The van der Waals surface area contributed by atoms with E-state index in [-0.39, 0.29) is 12.0 Å². The first-order valence-corrected chi connectivity index (χ1v) is 4.49. The second-order valence-electron chi connectivity index (χ2n) is 4.16. The molecule has 0 aliphatic rings. The van der Waals surface area contributed by atoms with Crippen molar-refractivity contribution in [2.75, 3.05) is 0 Å². The highest BCUT2D eigenvalue weighted by Crippen LogP contribution is 2.23. The van der Waals surface area contributed by atoms with E-state index in [9.17, 15) is 4.39 Å². The Hall–Kier alpha value is -0.970. The van der Waals surface area contributed by atoms with Crippen LogP contribution in [0.1, 0.15) is 39.1 Å². The number of hydrogen-bond acceptors (Lipinski definition) is 4. The Morgan fingerprint density at radius 1 is 1.43 bits per heavy atom. The number of ether oxygens (including phenoxy) is 1. The highest BCUT2D eigenvalue weighted by atomic mass is 19.1. The molecule has 0 aliphatic heterocycles. The molecule has 1 aromatic heterocycles. The van der Waals surface area contributed by atoms with E-state index in [0.717, 1.165) is 0 Å². The lowest BCUT2D eigenvalue weighted by atomic mass is 9.91. The SMILES string of the molecule is CC(F)OCc1nonc1C(C)(C)C. The van der Waals surface area contributed by atoms with Gasteiger partial charge >= 0.3 is 0 Å². The molecule has 0 aromatic carbocycles. The van der Waals surface area contributed by atoms with Gasteiger partial charge in [0.15, 0.2) is 6.36 Å². The predicted octanol–water partition coefficient (Wildman–Crippen LogP) is 2.20. The van der Waals surface area contributed by atoms with Crippen molar-refractivity contribution >= 4 is 0 Å². The maximum absolute atomic E-state index is 12.4. The standard InChI is InChI=1S/C9H15FN2O2/c1-6(10)13-5-7-8(9(2,3)4)12-14-11-7/h6H,5H2,1-4H3. The molecule has 0 N–H and O–H groups in total. The number of hydrogen-bond donors (Lipinski definition) is 0. The second-order valence-corrected chi connectivity index (χ2v) is 4.16. The summed E-state index contributed by atoms with van der Waals surface area (Å²) in [7, 11) is 0. The summed E-state index contributed by atoms with van der Waals surface area (Å²) in [6.45, 7) is 7.36. The summed E-state index contributed by atoms with van der Waals surface area (Å²) in [5.41, 5.74) is 1.10. The fourth-order valence-corrected chi connectivity index (χ4v) is 1.06. The molecule has 1 atom stereocenters. The van der Waals surface area contributed by atoms with Gasteiger partial charge in [-0.15, -0.1) is 0 Å². The molecule has 0 bridgehead atoms. The molecule has 0 saturated heterocycles. The van der Waals surface area contributed by atoms with Crippen LogP contribution in [-0.4, -0.2) is 16.7 Å². The number of halogens is 1. The van der Waals surface area contributed by atoms with Gasteiger partial charge < -0.3 is 4.74 Å². The van der Waals surface area contributed by atoms with E-state index in [1.165, 1.54) is 6.92 Å². The van der Waals surface area contributed by atoms with Gasteiger partial charge in [0.05, 0.1) is 6.61 Å². The van der Waals surface area contributed by atoms with Crippen molar-refractivity contribution in [2.45, 2.75) is 46.1 Å². The van der Waals surface area contributed by atoms with Crippen molar-refractivity contribution in [2.24, 2.45) is 0 Å². The van der Waals surface area contributed by atoms with Gasteiger partial charge in [-0.05, 0) is 6.92 Å². The topological polar surface area (TPSA) is 48.2 Å². The molecule has 1 unspecified atom stereocenters. The quantitative estimate of drug-likeness (QED) is 0.753. The first-order valence-electron chi connectivity index (χ1n) is 4.49. The van der Waals surface area contributed by atoms with Crippen LogP contribution in [0, 0.1) is 0 Å². The zero-order chi connectivity index (χ0) is 10.8. The summed E-state index contributed by atoms with van der Waals surface area (Å²) in [6, 6.07) is 0. The monoisotopic (exact) mass is 202 g/mol. The van der Waals surface area contributed by atoms with Crippen LogP contribution in [0.5, 0.6) is 0 Å². The van der Waals surface area contributed by atoms with Crippen molar-refractivity contribution in [3.05, 3.63) is 11.4 Å². The molecule has 80 valence electrons. The first-order chi connectivity index (χ1) is 6.41. The number of aromatic nitrogens is 2. The normalized spacial score (nSPS) is 14.4. The number of alkyl halides is 1. The van der Waals surface area contributed by atoms with Crippen LogP contribution in [0.4, 0.5) is 4.39 Å². The minimum atomic E-state index is -1.31. The molecule has 14 heavy (non-hydrogen) atoms. The summed E-state index contributed by atoms with van der Waals surface area (Å²) >= 11 is 0. The molecule has 1 aromatic rings. The van der Waals surface area contributed by atoms with Gasteiger partial charge in [-0.3, -0.25) is 0 Å². The third kappa shape index (κ3) is 2.77. The van der Waals surface area contributed by atoms with Crippen LogP contribution < -0.4 is 0 Å². The fourth-order valence-electron chi connectivity index (χ4n) is 1.06. The zero-order valence-electron chi connectivity index (χ0n) is 8.87. The molecule has 0 amide bonds. The second kappa shape index (κ2) is 4.04. The Morgan fingerprint density at radius 2 is 2.07 bits per heavy atom. The lowest BCUT2D eigenvalue weighted by Crippen LogP contribution is -2.15. The molecule has 5 heteroatoms. The molecular weight excluding hydrogens is 187 g/mol. The Labute approximate surface area is 82.4 Å². The Balaban J connectivity index is 2.73. The zero-order valence-corrected chi connectivity index (χ0v) is 8.87. The van der Waals surface area contributed by atoms with Crippen LogP contribution in [0.3, 0.4) is 0 Å². The summed E-state index contributed by atoms with van der Waals surface area (Å²) in [4.78, 5) is 0. The first kappa shape index (κ1) is 11.1. The van der Waals surface area contributed by atoms with E-state index >= 15 is 0 Å². The van der Waals surface area contributed by atoms with Gasteiger partial charge in [0.25, 0.3) is 0 Å². The molecule has 1 heterocycles. The average molecular weight is 202 g/mol. The van der Waals surface area contributed by atoms with Crippen molar-refractivity contribution in [1.82, 2.24) is 10.3 Å². The third-order valence-corrected chi connectivity index (χ3v) is 1.72. The molecule has 0 saturated carbocycles. The van der Waals surface area contributed by atoms with E-state index in [1.54, 1.807) is 0 Å². The molecule has 1 rings (SSSR count). The van der Waals surface area contributed by atoms with E-state index in [2.05, 4.69) is 14.9 Å². The highest BCUT2D eigenvalue weighted by molar-refractivity contribution is 5.15. The molecule has 0 fully saturated rings. The third-order valence-electron chi connectivity index (χ3n) is 1.72. The summed E-state index contributed by atoms with van der Waals surface area (Å²) in [6.07, 6.45) is -1.31. The van der Waals surface area contributed by atoms with Crippen LogP contribution in [-0.2, 0) is 16.8 Å². The van der Waals surface area contributed by atoms with E-state index in [4.69, 9.17) is 4.74 Å². The maximum atomic E-state index is 12.4. The fraction of sp³-hybridized carbons (Fsp3) is 0.778. The summed E-state index contributed by atoms with van der Waals surface area (Å²) in [5, 5.41) is 7.45.